The number of rotatable bonds is 4. The lowest BCUT2D eigenvalue weighted by Gasteiger charge is -2.26. The van der Waals surface area contributed by atoms with Gasteiger partial charge in [0.15, 0.2) is 5.54 Å². The number of methoxy groups -OCH3 is 1. The van der Waals surface area contributed by atoms with Gasteiger partial charge in [0.05, 0.1) is 7.11 Å². The lowest BCUT2D eigenvalue weighted by molar-refractivity contribution is -0.144. The molecule has 0 saturated carbocycles. The van der Waals surface area contributed by atoms with Gasteiger partial charge in [-0.1, -0.05) is 12.1 Å². The van der Waals surface area contributed by atoms with Crippen molar-refractivity contribution in [3.8, 4) is 5.75 Å². The van der Waals surface area contributed by atoms with E-state index in [-0.39, 0.29) is 0 Å². The van der Waals surface area contributed by atoms with Crippen LogP contribution in [0, 0.1) is 0 Å². The highest BCUT2D eigenvalue weighted by molar-refractivity contribution is 5.80. The van der Waals surface area contributed by atoms with Crippen molar-refractivity contribution >= 4 is 5.97 Å². The Labute approximate surface area is 105 Å². The van der Waals surface area contributed by atoms with Crippen molar-refractivity contribution in [2.24, 2.45) is 0 Å². The molecule has 0 aliphatic carbocycles. The predicted octanol–water partition coefficient (Wildman–Crippen LogP) is 1.74. The molecule has 1 N–H and O–H groups in total. The molecule has 0 radical (unpaired) electrons. The first-order valence-corrected chi connectivity index (χ1v) is 5.47. The van der Waals surface area contributed by atoms with Crippen molar-refractivity contribution in [3.05, 3.63) is 48.3 Å². The molecule has 2 rings (SSSR count). The maximum atomic E-state index is 11.6. The van der Waals surface area contributed by atoms with Crippen molar-refractivity contribution in [2.45, 2.75) is 12.5 Å². The minimum Gasteiger partial charge on any atom is -0.497 e. The van der Waals surface area contributed by atoms with Gasteiger partial charge in [0.25, 0.3) is 0 Å². The van der Waals surface area contributed by atoms with E-state index in [2.05, 4.69) is 5.10 Å². The average Bonchev–Trinajstić information content (AvgIpc) is 2.92. The molecule has 0 aliphatic rings. The van der Waals surface area contributed by atoms with Gasteiger partial charge in [-0.05, 0) is 30.7 Å². The van der Waals surface area contributed by atoms with Crippen LogP contribution >= 0.6 is 0 Å². The molecule has 0 spiro atoms. The average molecular weight is 246 g/mol. The summed E-state index contributed by atoms with van der Waals surface area (Å²) in [6.07, 6.45) is 3.20. The zero-order valence-corrected chi connectivity index (χ0v) is 10.2. The number of carboxylic acid groups (broad SMARTS) is 1. The Balaban J connectivity index is 2.50. The molecule has 1 unspecified atom stereocenters. The summed E-state index contributed by atoms with van der Waals surface area (Å²) in [5.41, 5.74) is -0.588. The Morgan fingerprint density at radius 2 is 2.06 bits per heavy atom. The fourth-order valence-corrected chi connectivity index (χ4v) is 1.80. The Hall–Kier alpha value is -2.30. The van der Waals surface area contributed by atoms with Crippen molar-refractivity contribution in [1.82, 2.24) is 9.78 Å². The predicted molar refractivity (Wildman–Crippen MR) is 65.6 cm³/mol. The van der Waals surface area contributed by atoms with Crippen molar-refractivity contribution in [3.63, 3.8) is 0 Å². The normalized spacial score (nSPS) is 13.9. The summed E-state index contributed by atoms with van der Waals surface area (Å²) in [7, 11) is 1.57. The highest BCUT2D eigenvalue weighted by Gasteiger charge is 2.37. The zero-order valence-electron chi connectivity index (χ0n) is 10.2. The number of benzene rings is 1. The molecular weight excluding hydrogens is 232 g/mol. The van der Waals surface area contributed by atoms with Crippen LogP contribution in [0.5, 0.6) is 5.75 Å². The number of carbonyl (C=O) groups is 1. The minimum absolute atomic E-state index is 0.638. The van der Waals surface area contributed by atoms with E-state index in [1.165, 1.54) is 4.68 Å². The monoisotopic (exact) mass is 246 g/mol. The molecule has 5 nitrogen and oxygen atoms in total. The Kier molecular flexibility index (Phi) is 3.06. The van der Waals surface area contributed by atoms with Gasteiger partial charge in [-0.15, -0.1) is 0 Å². The van der Waals surface area contributed by atoms with Gasteiger partial charge in [0.1, 0.15) is 5.75 Å². The SMILES string of the molecule is COc1ccc(C(C)(C(=O)O)n2cccn2)cc1. The maximum Gasteiger partial charge on any atom is 0.336 e. The van der Waals surface area contributed by atoms with Gasteiger partial charge in [0.2, 0.25) is 0 Å². The smallest absolute Gasteiger partial charge is 0.336 e. The van der Waals surface area contributed by atoms with Crippen LogP contribution in [0.2, 0.25) is 0 Å². The van der Waals surface area contributed by atoms with Gasteiger partial charge < -0.3 is 9.84 Å². The third-order valence-electron chi connectivity index (χ3n) is 3.03. The van der Waals surface area contributed by atoms with Crippen LogP contribution in [0.4, 0.5) is 0 Å². The Bertz CT molecular complexity index is 534. The van der Waals surface area contributed by atoms with Gasteiger partial charge in [-0.2, -0.15) is 5.10 Å². The number of nitrogens with zero attached hydrogens (tertiary/aromatic N) is 2. The number of carboxylic acids is 1. The summed E-state index contributed by atoms with van der Waals surface area (Å²) in [5, 5.41) is 13.5. The Morgan fingerprint density at radius 3 is 2.50 bits per heavy atom. The molecule has 94 valence electrons. The van der Waals surface area contributed by atoms with Crippen LogP contribution in [0.3, 0.4) is 0 Å². The molecule has 1 atom stereocenters. The van der Waals surface area contributed by atoms with Crippen LogP contribution in [-0.2, 0) is 10.3 Å². The highest BCUT2D eigenvalue weighted by atomic mass is 16.5. The van der Waals surface area contributed by atoms with E-state index in [4.69, 9.17) is 4.74 Å². The molecule has 1 aromatic carbocycles. The summed E-state index contributed by atoms with van der Waals surface area (Å²) in [6.45, 7) is 1.62. The summed E-state index contributed by atoms with van der Waals surface area (Å²) >= 11 is 0. The molecular formula is C13H14N2O3. The third kappa shape index (κ3) is 1.84. The van der Waals surface area contributed by atoms with E-state index in [1.54, 1.807) is 56.8 Å². The standard InChI is InChI=1S/C13H14N2O3/c1-13(12(16)17,15-9-3-8-14-15)10-4-6-11(18-2)7-5-10/h3-9H,1-2H3,(H,16,17). The number of ether oxygens (including phenoxy) is 1. The second-order valence-corrected chi connectivity index (χ2v) is 4.06. The van der Waals surface area contributed by atoms with E-state index >= 15 is 0 Å². The molecule has 1 aromatic heterocycles. The highest BCUT2D eigenvalue weighted by Crippen LogP contribution is 2.27. The molecule has 0 saturated heterocycles. The van der Waals surface area contributed by atoms with Crippen molar-refractivity contribution < 1.29 is 14.6 Å². The van der Waals surface area contributed by atoms with Gasteiger partial charge in [-0.3, -0.25) is 4.68 Å². The first-order valence-electron chi connectivity index (χ1n) is 5.47. The van der Waals surface area contributed by atoms with E-state index in [1.807, 2.05) is 0 Å². The van der Waals surface area contributed by atoms with Crippen LogP contribution in [0.15, 0.2) is 42.7 Å². The molecule has 0 bridgehead atoms. The minimum atomic E-state index is -1.23. The fraction of sp³-hybridized carbons (Fsp3) is 0.231. The topological polar surface area (TPSA) is 64.3 Å². The summed E-state index contributed by atoms with van der Waals surface area (Å²) in [5.74, 6) is -0.275. The maximum absolute atomic E-state index is 11.6. The van der Waals surface area contributed by atoms with Crippen LogP contribution < -0.4 is 4.74 Å². The fourth-order valence-electron chi connectivity index (χ4n) is 1.80. The first kappa shape index (κ1) is 12.2. The summed E-state index contributed by atoms with van der Waals surface area (Å²) in [6, 6.07) is 8.63. The summed E-state index contributed by atoms with van der Waals surface area (Å²) in [4.78, 5) is 11.6. The number of hydrogen-bond donors (Lipinski definition) is 1. The van der Waals surface area contributed by atoms with Gasteiger partial charge >= 0.3 is 5.97 Å². The Morgan fingerprint density at radius 1 is 1.39 bits per heavy atom. The quantitative estimate of drug-likeness (QED) is 0.892. The zero-order chi connectivity index (χ0) is 13.2. The molecule has 18 heavy (non-hydrogen) atoms. The lowest BCUT2D eigenvalue weighted by Crippen LogP contribution is -2.40. The van der Waals surface area contributed by atoms with E-state index < -0.39 is 11.5 Å². The van der Waals surface area contributed by atoms with E-state index in [9.17, 15) is 9.90 Å². The third-order valence-corrected chi connectivity index (χ3v) is 3.03. The van der Waals surface area contributed by atoms with E-state index in [0.717, 1.165) is 0 Å². The van der Waals surface area contributed by atoms with Crippen LogP contribution in [0.1, 0.15) is 12.5 Å². The lowest BCUT2D eigenvalue weighted by atomic mass is 9.92. The summed E-state index contributed by atoms with van der Waals surface area (Å²) < 4.78 is 6.49. The van der Waals surface area contributed by atoms with Gasteiger partial charge in [0, 0.05) is 12.4 Å². The second kappa shape index (κ2) is 4.52. The van der Waals surface area contributed by atoms with Crippen LogP contribution in [-0.4, -0.2) is 28.0 Å². The number of aliphatic carboxylic acids is 1. The number of aromatic nitrogens is 2. The molecule has 1 heterocycles. The van der Waals surface area contributed by atoms with Crippen molar-refractivity contribution in [2.75, 3.05) is 7.11 Å². The first-order chi connectivity index (χ1) is 8.59. The van der Waals surface area contributed by atoms with E-state index in [0.29, 0.717) is 11.3 Å². The largest absolute Gasteiger partial charge is 0.497 e. The van der Waals surface area contributed by atoms with Crippen molar-refractivity contribution in [1.29, 1.82) is 0 Å². The number of hydrogen-bond acceptors (Lipinski definition) is 3. The molecule has 5 heteroatoms. The van der Waals surface area contributed by atoms with Crippen LogP contribution in [0.25, 0.3) is 0 Å². The van der Waals surface area contributed by atoms with Gasteiger partial charge in [-0.25, -0.2) is 4.79 Å². The molecule has 0 amide bonds. The molecule has 2 aromatic rings. The second-order valence-electron chi connectivity index (χ2n) is 4.06. The molecule has 0 aliphatic heterocycles. The molecule has 0 fully saturated rings.